The molecule has 1 unspecified atom stereocenters. The average Bonchev–Trinajstić information content (AvgIpc) is 3.20. The van der Waals surface area contributed by atoms with Gasteiger partial charge >= 0.3 is 6.64 Å². The summed E-state index contributed by atoms with van der Waals surface area (Å²) in [6.07, 6.45) is 4.05. The zero-order valence-electron chi connectivity index (χ0n) is 12.9. The average molecular weight is 327 g/mol. The van der Waals surface area contributed by atoms with Gasteiger partial charge in [0.05, 0.1) is 12.9 Å². The van der Waals surface area contributed by atoms with Crippen molar-refractivity contribution in [1.29, 1.82) is 0 Å². The molecule has 2 rings (SSSR count). The molecule has 7 heteroatoms. The molecule has 1 saturated carbocycles. The van der Waals surface area contributed by atoms with E-state index in [0.717, 1.165) is 11.4 Å². The number of nitrogens with zero attached hydrogens (tertiary/aromatic N) is 3. The largest absolute Gasteiger partial charge is 0.428 e. The predicted molar refractivity (Wildman–Crippen MR) is 89.7 cm³/mol. The first-order chi connectivity index (χ1) is 9.92. The first kappa shape index (κ1) is 16.4. The van der Waals surface area contributed by atoms with E-state index in [1.54, 1.807) is 6.34 Å². The highest BCUT2D eigenvalue weighted by molar-refractivity contribution is 8.09. The maximum atomic E-state index is 5.93. The van der Waals surface area contributed by atoms with Crippen LogP contribution in [0.3, 0.4) is 0 Å². The third-order valence-electron chi connectivity index (χ3n) is 2.88. The van der Waals surface area contributed by atoms with Gasteiger partial charge in [-0.3, -0.25) is 4.98 Å². The van der Waals surface area contributed by atoms with E-state index in [2.05, 4.69) is 9.75 Å². The molecule has 0 aromatic carbocycles. The van der Waals surface area contributed by atoms with Crippen LogP contribution in [0, 0.1) is 6.92 Å². The highest BCUT2D eigenvalue weighted by Gasteiger charge is 2.27. The molecule has 0 bridgehead atoms. The Morgan fingerprint density at radius 1 is 1.48 bits per heavy atom. The fraction of sp³-hybridized carbons (Fsp3) is 0.571. The quantitative estimate of drug-likeness (QED) is 0.436. The summed E-state index contributed by atoms with van der Waals surface area (Å²) in [5.41, 5.74) is 2.02. The van der Waals surface area contributed by atoms with Crippen molar-refractivity contribution < 1.29 is 9.05 Å². The van der Waals surface area contributed by atoms with Gasteiger partial charge in [-0.05, 0) is 26.7 Å². The molecule has 1 aliphatic rings. The van der Waals surface area contributed by atoms with Crippen LogP contribution >= 0.6 is 6.64 Å². The lowest BCUT2D eigenvalue weighted by atomic mass is 10.2. The minimum Gasteiger partial charge on any atom is -0.428 e. The molecule has 0 saturated heterocycles. The van der Waals surface area contributed by atoms with Gasteiger partial charge in [-0.15, -0.1) is 0 Å². The lowest BCUT2D eigenvalue weighted by molar-refractivity contribution is 0.331. The second-order valence-corrected chi connectivity index (χ2v) is 8.31. The van der Waals surface area contributed by atoms with Gasteiger partial charge in [0.1, 0.15) is 5.75 Å². The van der Waals surface area contributed by atoms with Gasteiger partial charge < -0.3 is 13.9 Å². The smallest absolute Gasteiger partial charge is 0.362 e. The van der Waals surface area contributed by atoms with E-state index < -0.39 is 6.64 Å². The van der Waals surface area contributed by atoms with Gasteiger partial charge in [-0.2, -0.15) is 4.76 Å². The zero-order valence-corrected chi connectivity index (χ0v) is 14.7. The van der Waals surface area contributed by atoms with Gasteiger partial charge in [-0.1, -0.05) is 0 Å². The van der Waals surface area contributed by atoms with E-state index in [0.29, 0.717) is 18.3 Å². The maximum absolute atomic E-state index is 5.93. The SMILES string of the molecule is CCOP(=S)(N=CN(C)C)Oc1cc(C)nc(C2CC2)c1. The number of aryl methyl sites for hydroxylation is 1. The minimum atomic E-state index is -2.71. The highest BCUT2D eigenvalue weighted by atomic mass is 32.5. The molecule has 5 nitrogen and oxygen atoms in total. The van der Waals surface area contributed by atoms with E-state index in [4.69, 9.17) is 20.9 Å². The summed E-state index contributed by atoms with van der Waals surface area (Å²) < 4.78 is 15.9. The molecular weight excluding hydrogens is 305 g/mol. The number of aromatic nitrogens is 1. The Hall–Kier alpha value is -0.970. The second-order valence-electron chi connectivity index (χ2n) is 5.32. The number of hydrogen-bond acceptors (Lipinski definition) is 4. The summed E-state index contributed by atoms with van der Waals surface area (Å²) in [6, 6.07) is 3.85. The first-order valence-electron chi connectivity index (χ1n) is 7.07. The van der Waals surface area contributed by atoms with Crippen molar-refractivity contribution in [2.75, 3.05) is 20.7 Å². The van der Waals surface area contributed by atoms with E-state index in [9.17, 15) is 0 Å². The molecule has 0 spiro atoms. The topological polar surface area (TPSA) is 47.0 Å². The normalized spacial score (nSPS) is 17.7. The fourth-order valence-electron chi connectivity index (χ4n) is 1.85. The van der Waals surface area contributed by atoms with Crippen molar-refractivity contribution in [2.24, 2.45) is 4.76 Å². The van der Waals surface area contributed by atoms with Crippen molar-refractivity contribution in [1.82, 2.24) is 9.88 Å². The van der Waals surface area contributed by atoms with Gasteiger partial charge in [0.15, 0.2) is 0 Å². The predicted octanol–water partition coefficient (Wildman–Crippen LogP) is 3.50. The van der Waals surface area contributed by atoms with Crippen LogP contribution in [0.5, 0.6) is 5.75 Å². The molecule has 0 N–H and O–H groups in total. The Bertz CT molecular complexity index is 573. The van der Waals surface area contributed by atoms with Crippen LogP contribution in [0.15, 0.2) is 16.9 Å². The standard InChI is InChI=1S/C14H22N3O2PS/c1-5-18-20(21,15-10-17(3)4)19-13-8-11(2)16-14(9-13)12-6-7-12/h8-10,12H,5-7H2,1-4H3. The Balaban J connectivity index is 2.21. The van der Waals surface area contributed by atoms with E-state index in [-0.39, 0.29) is 0 Å². The molecule has 21 heavy (non-hydrogen) atoms. The molecule has 1 aromatic heterocycles. The van der Waals surface area contributed by atoms with E-state index in [1.807, 2.05) is 45.0 Å². The molecule has 1 atom stereocenters. The van der Waals surface area contributed by atoms with Crippen LogP contribution in [0.4, 0.5) is 0 Å². The summed E-state index contributed by atoms with van der Waals surface area (Å²) in [5, 5.41) is 0. The van der Waals surface area contributed by atoms with Crippen LogP contribution < -0.4 is 4.52 Å². The number of rotatable bonds is 7. The molecule has 1 heterocycles. The van der Waals surface area contributed by atoms with Crippen molar-refractivity contribution in [3.05, 3.63) is 23.5 Å². The molecule has 0 aliphatic heterocycles. The Kier molecular flexibility index (Phi) is 5.36. The first-order valence-corrected chi connectivity index (χ1v) is 9.66. The van der Waals surface area contributed by atoms with Gasteiger partial charge in [0, 0.05) is 55.3 Å². The molecule has 1 aliphatic carbocycles. The summed E-state index contributed by atoms with van der Waals surface area (Å²) in [5.74, 6) is 1.28. The lowest BCUT2D eigenvalue weighted by Crippen LogP contribution is -2.08. The fourth-order valence-corrected chi connectivity index (χ4v) is 3.75. The van der Waals surface area contributed by atoms with Crippen LogP contribution in [-0.4, -0.2) is 36.9 Å². The number of pyridine rings is 1. The highest BCUT2D eigenvalue weighted by Crippen LogP contribution is 2.50. The Morgan fingerprint density at radius 2 is 2.19 bits per heavy atom. The molecule has 1 fully saturated rings. The Labute approximate surface area is 131 Å². The molecule has 1 aromatic rings. The minimum absolute atomic E-state index is 0.474. The van der Waals surface area contributed by atoms with Crippen LogP contribution in [0.1, 0.15) is 37.1 Å². The third kappa shape index (κ3) is 5.06. The van der Waals surface area contributed by atoms with Crippen LogP contribution in [0.25, 0.3) is 0 Å². The molecule has 116 valence electrons. The van der Waals surface area contributed by atoms with Crippen molar-refractivity contribution >= 4 is 24.8 Å². The van der Waals surface area contributed by atoms with Crippen LogP contribution in [0.2, 0.25) is 0 Å². The zero-order chi connectivity index (χ0) is 15.5. The maximum Gasteiger partial charge on any atom is 0.362 e. The Morgan fingerprint density at radius 3 is 2.76 bits per heavy atom. The van der Waals surface area contributed by atoms with Crippen LogP contribution in [-0.2, 0) is 16.3 Å². The molecular formula is C14H22N3O2PS. The molecule has 0 amide bonds. The van der Waals surface area contributed by atoms with Gasteiger partial charge in [0.2, 0.25) is 0 Å². The van der Waals surface area contributed by atoms with Gasteiger partial charge in [-0.25, -0.2) is 0 Å². The summed E-state index contributed by atoms with van der Waals surface area (Å²) >= 11 is 5.49. The summed E-state index contributed by atoms with van der Waals surface area (Å²) in [4.78, 5) is 6.37. The van der Waals surface area contributed by atoms with Crippen molar-refractivity contribution in [3.63, 3.8) is 0 Å². The monoisotopic (exact) mass is 327 g/mol. The van der Waals surface area contributed by atoms with E-state index in [1.165, 1.54) is 12.8 Å². The third-order valence-corrected chi connectivity index (χ3v) is 5.11. The second kappa shape index (κ2) is 6.86. The lowest BCUT2D eigenvalue weighted by Gasteiger charge is -2.19. The summed E-state index contributed by atoms with van der Waals surface area (Å²) in [7, 11) is 3.77. The van der Waals surface area contributed by atoms with Crippen molar-refractivity contribution in [3.8, 4) is 5.75 Å². The summed E-state index contributed by atoms with van der Waals surface area (Å²) in [6.45, 7) is 1.62. The van der Waals surface area contributed by atoms with Crippen molar-refractivity contribution in [2.45, 2.75) is 32.6 Å². The van der Waals surface area contributed by atoms with E-state index >= 15 is 0 Å². The number of hydrogen-bond donors (Lipinski definition) is 0. The molecule has 0 radical (unpaired) electrons. The van der Waals surface area contributed by atoms with Gasteiger partial charge in [0.25, 0.3) is 0 Å².